The largest absolute Gasteiger partial charge is 0.0958 e. The molecule has 12 heavy (non-hydrogen) atoms. The molecule has 0 aromatic carbocycles. The lowest BCUT2D eigenvalue weighted by Crippen LogP contribution is -1.74. The van der Waals surface area contributed by atoms with Crippen LogP contribution in [-0.4, -0.2) is 0 Å². The second-order valence-electron chi connectivity index (χ2n) is 2.87. The maximum absolute atomic E-state index is 3.84. The molecule has 0 fully saturated rings. The van der Waals surface area contributed by atoms with Crippen LogP contribution in [-0.2, 0) is 0 Å². The molecule has 0 heteroatoms. The van der Waals surface area contributed by atoms with Crippen LogP contribution in [0, 0.1) is 0 Å². The van der Waals surface area contributed by atoms with Crippen molar-refractivity contribution in [1.82, 2.24) is 0 Å². The highest BCUT2D eigenvalue weighted by Crippen LogP contribution is 2.05. The minimum atomic E-state index is 1.14. The third-order valence-electron chi connectivity index (χ3n) is 1.34. The van der Waals surface area contributed by atoms with E-state index in [1.807, 2.05) is 20.8 Å². The van der Waals surface area contributed by atoms with Gasteiger partial charge in [0.05, 0.1) is 0 Å². The first-order valence-corrected chi connectivity index (χ1v) is 4.51. The van der Waals surface area contributed by atoms with Gasteiger partial charge in [0.2, 0.25) is 0 Å². The number of rotatable bonds is 2. The van der Waals surface area contributed by atoms with E-state index in [-0.39, 0.29) is 0 Å². The predicted octanol–water partition coefficient (Wildman–Crippen LogP) is 4.50. The lowest BCUT2D eigenvalue weighted by molar-refractivity contribution is 1.34. The summed E-state index contributed by atoms with van der Waals surface area (Å²) in [5.41, 5.74) is 3.71. The minimum Gasteiger partial charge on any atom is -0.0958 e. The first-order chi connectivity index (χ1) is 5.54. The average Bonchev–Trinajstić information content (AvgIpc) is 2.03. The SMILES string of the molecule is C=C(C)/C(C)=C\C=C(C)C.CC. The lowest BCUT2D eigenvalue weighted by atomic mass is 10.1. The van der Waals surface area contributed by atoms with E-state index in [1.165, 1.54) is 11.1 Å². The summed E-state index contributed by atoms with van der Waals surface area (Å²) in [6.45, 7) is 16.1. The van der Waals surface area contributed by atoms with Crippen LogP contribution in [0.2, 0.25) is 0 Å². The summed E-state index contributed by atoms with van der Waals surface area (Å²) in [5, 5.41) is 0. The molecule has 0 aromatic heterocycles. The van der Waals surface area contributed by atoms with Gasteiger partial charge in [-0.1, -0.05) is 43.7 Å². The zero-order chi connectivity index (χ0) is 10.1. The maximum Gasteiger partial charge on any atom is -0.0395 e. The molecule has 0 aromatic rings. The molecule has 0 unspecified atom stereocenters. The van der Waals surface area contributed by atoms with Gasteiger partial charge in [-0.15, -0.1) is 0 Å². The van der Waals surface area contributed by atoms with Gasteiger partial charge in [-0.05, 0) is 33.3 Å². The second-order valence-corrected chi connectivity index (χ2v) is 2.87. The van der Waals surface area contributed by atoms with Gasteiger partial charge in [0.1, 0.15) is 0 Å². The Morgan fingerprint density at radius 1 is 0.917 bits per heavy atom. The van der Waals surface area contributed by atoms with Gasteiger partial charge in [0, 0.05) is 0 Å². The van der Waals surface area contributed by atoms with E-state index in [1.54, 1.807) is 0 Å². The summed E-state index contributed by atoms with van der Waals surface area (Å²) in [6.07, 6.45) is 4.20. The van der Waals surface area contributed by atoms with Gasteiger partial charge >= 0.3 is 0 Å². The summed E-state index contributed by atoms with van der Waals surface area (Å²) < 4.78 is 0. The third-order valence-corrected chi connectivity index (χ3v) is 1.34. The molecule has 0 bridgehead atoms. The van der Waals surface area contributed by atoms with E-state index in [9.17, 15) is 0 Å². The third kappa shape index (κ3) is 9.22. The average molecular weight is 166 g/mol. The van der Waals surface area contributed by atoms with Crippen molar-refractivity contribution in [3.05, 3.63) is 35.5 Å². The Kier molecular flexibility index (Phi) is 9.56. The van der Waals surface area contributed by atoms with Gasteiger partial charge in [0.15, 0.2) is 0 Å². The van der Waals surface area contributed by atoms with Crippen molar-refractivity contribution in [2.75, 3.05) is 0 Å². The molecule has 0 amide bonds. The molecule has 0 rings (SSSR count). The molecule has 0 atom stereocenters. The standard InChI is InChI=1S/C10H16.C2H6/c1-8(2)6-7-10(5)9(3)4;1-2/h6-7H,3H2,1-2,4-5H3;1-2H3/b10-7-;. The Morgan fingerprint density at radius 2 is 1.33 bits per heavy atom. The van der Waals surface area contributed by atoms with E-state index < -0.39 is 0 Å². The summed E-state index contributed by atoms with van der Waals surface area (Å²) in [4.78, 5) is 0. The molecule has 0 saturated heterocycles. The number of allylic oxidation sites excluding steroid dienone is 5. The topological polar surface area (TPSA) is 0 Å². The molecule has 0 aliphatic carbocycles. The van der Waals surface area contributed by atoms with Crippen molar-refractivity contribution in [1.29, 1.82) is 0 Å². The van der Waals surface area contributed by atoms with E-state index in [0.717, 1.165) is 5.57 Å². The van der Waals surface area contributed by atoms with E-state index in [2.05, 4.69) is 39.5 Å². The van der Waals surface area contributed by atoms with Gasteiger partial charge in [-0.2, -0.15) is 0 Å². The molecule has 0 aliphatic heterocycles. The monoisotopic (exact) mass is 166 g/mol. The van der Waals surface area contributed by atoms with Crippen molar-refractivity contribution in [3.8, 4) is 0 Å². The van der Waals surface area contributed by atoms with E-state index in [0.29, 0.717) is 0 Å². The molecular formula is C12H22. The first kappa shape index (κ1) is 13.8. The minimum absolute atomic E-state index is 1.14. The van der Waals surface area contributed by atoms with Crippen LogP contribution in [0.25, 0.3) is 0 Å². The summed E-state index contributed by atoms with van der Waals surface area (Å²) in [7, 11) is 0. The number of hydrogen-bond donors (Lipinski definition) is 0. The van der Waals surface area contributed by atoms with Crippen molar-refractivity contribution in [2.24, 2.45) is 0 Å². The van der Waals surface area contributed by atoms with Crippen LogP contribution in [0.15, 0.2) is 35.5 Å². The smallest absolute Gasteiger partial charge is 0.0395 e. The second kappa shape index (κ2) is 8.32. The first-order valence-electron chi connectivity index (χ1n) is 4.51. The molecule has 0 radical (unpaired) electrons. The summed E-state index contributed by atoms with van der Waals surface area (Å²) >= 11 is 0. The van der Waals surface area contributed by atoms with E-state index >= 15 is 0 Å². The Labute approximate surface area is 77.7 Å². The molecule has 70 valence electrons. The molecule has 0 saturated carbocycles. The molecule has 0 nitrogen and oxygen atoms in total. The van der Waals surface area contributed by atoms with E-state index in [4.69, 9.17) is 0 Å². The van der Waals surface area contributed by atoms with Crippen LogP contribution >= 0.6 is 0 Å². The molecular weight excluding hydrogens is 144 g/mol. The fourth-order valence-corrected chi connectivity index (χ4v) is 0.434. The summed E-state index contributed by atoms with van der Waals surface area (Å²) in [5.74, 6) is 0. The Balaban J connectivity index is 0. The molecule has 0 aliphatic rings. The van der Waals surface area contributed by atoms with Gasteiger partial charge in [-0.25, -0.2) is 0 Å². The quantitative estimate of drug-likeness (QED) is 0.530. The van der Waals surface area contributed by atoms with Crippen LogP contribution in [0.3, 0.4) is 0 Å². The van der Waals surface area contributed by atoms with Gasteiger partial charge in [-0.3, -0.25) is 0 Å². The fourth-order valence-electron chi connectivity index (χ4n) is 0.434. The van der Waals surface area contributed by atoms with Gasteiger partial charge in [0.25, 0.3) is 0 Å². The predicted molar refractivity (Wildman–Crippen MR) is 59.4 cm³/mol. The molecule has 0 heterocycles. The van der Waals surface area contributed by atoms with Crippen LogP contribution in [0.1, 0.15) is 41.5 Å². The van der Waals surface area contributed by atoms with Gasteiger partial charge < -0.3 is 0 Å². The van der Waals surface area contributed by atoms with Crippen molar-refractivity contribution in [2.45, 2.75) is 41.5 Å². The Morgan fingerprint density at radius 3 is 1.58 bits per heavy atom. The molecule has 0 N–H and O–H groups in total. The zero-order valence-electron chi connectivity index (χ0n) is 9.36. The maximum atomic E-state index is 3.84. The highest BCUT2D eigenvalue weighted by Gasteiger charge is 1.84. The van der Waals surface area contributed by atoms with Crippen LogP contribution in [0.5, 0.6) is 0 Å². The molecule has 0 spiro atoms. The summed E-state index contributed by atoms with van der Waals surface area (Å²) in [6, 6.07) is 0. The number of hydrogen-bond acceptors (Lipinski definition) is 0. The van der Waals surface area contributed by atoms with Crippen LogP contribution in [0.4, 0.5) is 0 Å². The Bertz CT molecular complexity index is 176. The highest BCUT2D eigenvalue weighted by molar-refractivity contribution is 5.28. The fraction of sp³-hybridized carbons (Fsp3) is 0.500. The van der Waals surface area contributed by atoms with Crippen molar-refractivity contribution >= 4 is 0 Å². The Hall–Kier alpha value is -0.780. The van der Waals surface area contributed by atoms with Crippen molar-refractivity contribution in [3.63, 3.8) is 0 Å². The highest BCUT2D eigenvalue weighted by atomic mass is 13.9. The lowest BCUT2D eigenvalue weighted by Gasteiger charge is -1.94. The van der Waals surface area contributed by atoms with Crippen molar-refractivity contribution < 1.29 is 0 Å². The zero-order valence-corrected chi connectivity index (χ0v) is 9.36. The van der Waals surface area contributed by atoms with Crippen LogP contribution < -0.4 is 0 Å². The normalized spacial score (nSPS) is 9.67.